The van der Waals surface area contributed by atoms with E-state index in [4.69, 9.17) is 9.26 Å². The Labute approximate surface area is 245 Å². The summed E-state index contributed by atoms with van der Waals surface area (Å²) in [4.78, 5) is 30.4. The standard InChI is InChI=1S/C34H34N4O4/c39-33(35-20-26-19-32(36-42-26)23-9-2-1-3-10-23)38(24-16-17-24)25-11-8-18-37(21-25)34(40)41-22-31-29-14-6-4-12-27(29)28-13-5-7-15-30(28)31/h1-7,9-10,12-15,19,24-25,31H,8,11,16-18,20-22H2,(H,35,39)/t25-/m1/s1. The average Bonchev–Trinajstić information content (AvgIpc) is 3.66. The highest BCUT2D eigenvalue weighted by atomic mass is 16.6. The zero-order chi connectivity index (χ0) is 28.5. The number of carbonyl (C=O) groups is 2. The van der Waals surface area contributed by atoms with Gasteiger partial charge in [-0.05, 0) is 47.9 Å². The van der Waals surface area contributed by atoms with Crippen molar-refractivity contribution in [1.82, 2.24) is 20.3 Å². The molecule has 4 aromatic rings. The van der Waals surface area contributed by atoms with Gasteiger partial charge in [0.15, 0.2) is 5.76 Å². The lowest BCUT2D eigenvalue weighted by Crippen LogP contribution is -2.55. The smallest absolute Gasteiger partial charge is 0.409 e. The fraction of sp³-hybridized carbons (Fsp3) is 0.324. The van der Waals surface area contributed by atoms with Crippen LogP contribution < -0.4 is 5.32 Å². The summed E-state index contributed by atoms with van der Waals surface area (Å²) in [5.41, 5.74) is 6.52. The van der Waals surface area contributed by atoms with E-state index in [9.17, 15) is 9.59 Å². The topological polar surface area (TPSA) is 87.9 Å². The number of fused-ring (bicyclic) bond motifs is 3. The van der Waals surface area contributed by atoms with Gasteiger partial charge in [0, 0.05) is 36.7 Å². The Morgan fingerprint density at radius 3 is 2.31 bits per heavy atom. The number of hydrogen-bond donors (Lipinski definition) is 1. The Balaban J connectivity index is 0.972. The van der Waals surface area contributed by atoms with E-state index < -0.39 is 0 Å². The molecule has 42 heavy (non-hydrogen) atoms. The summed E-state index contributed by atoms with van der Waals surface area (Å²) in [5.74, 6) is 0.621. The van der Waals surface area contributed by atoms with Gasteiger partial charge >= 0.3 is 12.1 Å². The van der Waals surface area contributed by atoms with E-state index in [1.54, 1.807) is 4.90 Å². The van der Waals surface area contributed by atoms with Gasteiger partial charge < -0.3 is 24.4 Å². The summed E-state index contributed by atoms with van der Waals surface area (Å²) in [6.07, 6.45) is 3.34. The van der Waals surface area contributed by atoms with Gasteiger partial charge in [0.05, 0.1) is 12.6 Å². The Kier molecular flexibility index (Phi) is 7.11. The summed E-state index contributed by atoms with van der Waals surface area (Å²) in [6.45, 7) is 1.66. The first-order valence-corrected chi connectivity index (χ1v) is 14.8. The third-order valence-electron chi connectivity index (χ3n) is 8.60. The molecule has 214 valence electrons. The van der Waals surface area contributed by atoms with E-state index in [2.05, 4.69) is 34.7 Å². The Hall–Kier alpha value is -4.59. The van der Waals surface area contributed by atoms with Crippen molar-refractivity contribution in [2.75, 3.05) is 19.7 Å². The van der Waals surface area contributed by atoms with Gasteiger partial charge in [-0.3, -0.25) is 0 Å². The van der Waals surface area contributed by atoms with Crippen LogP contribution in [0.2, 0.25) is 0 Å². The molecule has 0 unspecified atom stereocenters. The number of urea groups is 1. The number of amides is 3. The second-order valence-electron chi connectivity index (χ2n) is 11.4. The third-order valence-corrected chi connectivity index (χ3v) is 8.60. The molecule has 1 aliphatic heterocycles. The molecule has 1 aromatic heterocycles. The first kappa shape index (κ1) is 26.3. The van der Waals surface area contributed by atoms with E-state index in [1.807, 2.05) is 65.6 Å². The van der Waals surface area contributed by atoms with Gasteiger partial charge in [-0.1, -0.05) is 84.0 Å². The van der Waals surface area contributed by atoms with Crippen LogP contribution in [0.4, 0.5) is 9.59 Å². The highest BCUT2D eigenvalue weighted by Gasteiger charge is 2.40. The molecule has 3 aliphatic rings. The third kappa shape index (κ3) is 5.24. The normalized spacial score (nSPS) is 17.8. The molecule has 1 atom stereocenters. The van der Waals surface area contributed by atoms with Crippen LogP contribution in [0.15, 0.2) is 89.5 Å². The van der Waals surface area contributed by atoms with Crippen molar-refractivity contribution in [3.63, 3.8) is 0 Å². The van der Waals surface area contributed by atoms with Crippen LogP contribution in [0, 0.1) is 0 Å². The fourth-order valence-electron chi connectivity index (χ4n) is 6.41. The van der Waals surface area contributed by atoms with Gasteiger partial charge in [0.1, 0.15) is 12.3 Å². The molecular formula is C34H34N4O4. The zero-order valence-electron chi connectivity index (χ0n) is 23.4. The lowest BCUT2D eigenvalue weighted by atomic mass is 9.98. The number of nitrogens with one attached hydrogen (secondary N) is 1. The molecule has 1 saturated heterocycles. The van der Waals surface area contributed by atoms with E-state index >= 15 is 0 Å². The number of carbonyl (C=O) groups excluding carboxylic acids is 2. The molecule has 3 aromatic carbocycles. The molecule has 8 nitrogen and oxygen atoms in total. The van der Waals surface area contributed by atoms with Gasteiger partial charge in [0.25, 0.3) is 0 Å². The molecule has 2 aliphatic carbocycles. The lowest BCUT2D eigenvalue weighted by Gasteiger charge is -2.39. The van der Waals surface area contributed by atoms with Crippen LogP contribution in [0.1, 0.15) is 48.5 Å². The van der Waals surface area contributed by atoms with Crippen LogP contribution in [-0.2, 0) is 11.3 Å². The summed E-state index contributed by atoms with van der Waals surface area (Å²) in [6, 6.07) is 28.4. The maximum absolute atomic E-state index is 13.4. The highest BCUT2D eigenvalue weighted by molar-refractivity contribution is 5.79. The van der Waals surface area contributed by atoms with Crippen LogP contribution in [0.25, 0.3) is 22.4 Å². The number of hydrogen-bond acceptors (Lipinski definition) is 5. The second kappa shape index (κ2) is 11.4. The lowest BCUT2D eigenvalue weighted by molar-refractivity contribution is 0.0683. The minimum Gasteiger partial charge on any atom is -0.448 e. The number of rotatable bonds is 7. The molecule has 0 bridgehead atoms. The van der Waals surface area contributed by atoms with Crippen molar-refractivity contribution >= 4 is 12.1 Å². The molecule has 0 radical (unpaired) electrons. The molecule has 3 amide bonds. The zero-order valence-corrected chi connectivity index (χ0v) is 23.4. The average molecular weight is 563 g/mol. The Bertz CT molecular complexity index is 1540. The quantitative estimate of drug-likeness (QED) is 0.281. The number of likely N-dealkylation sites (tertiary alicyclic amines) is 1. The molecule has 8 heteroatoms. The minimum atomic E-state index is -0.312. The van der Waals surface area contributed by atoms with Gasteiger partial charge in [-0.2, -0.15) is 0 Å². The summed E-state index contributed by atoms with van der Waals surface area (Å²) < 4.78 is 11.4. The summed E-state index contributed by atoms with van der Waals surface area (Å²) in [5, 5.41) is 7.18. The van der Waals surface area contributed by atoms with Gasteiger partial charge in [0.2, 0.25) is 0 Å². The van der Waals surface area contributed by atoms with Crippen LogP contribution in [0.5, 0.6) is 0 Å². The SMILES string of the molecule is O=C(OCC1c2ccccc2-c2ccccc21)N1CCC[C@@H](N(C(=O)NCc2cc(-c3ccccc3)no2)C2CC2)C1. The monoisotopic (exact) mass is 562 g/mol. The Morgan fingerprint density at radius 2 is 1.60 bits per heavy atom. The van der Waals surface area contributed by atoms with Crippen molar-refractivity contribution in [3.05, 3.63) is 102 Å². The number of aromatic nitrogens is 1. The van der Waals surface area contributed by atoms with Crippen molar-refractivity contribution < 1.29 is 18.8 Å². The Morgan fingerprint density at radius 1 is 0.905 bits per heavy atom. The van der Waals surface area contributed by atoms with Crippen LogP contribution >= 0.6 is 0 Å². The minimum absolute atomic E-state index is 0.0224. The van der Waals surface area contributed by atoms with Crippen LogP contribution in [-0.4, -0.2) is 58.9 Å². The van der Waals surface area contributed by atoms with Crippen LogP contribution in [0.3, 0.4) is 0 Å². The van der Waals surface area contributed by atoms with E-state index in [-0.39, 0.29) is 36.7 Å². The second-order valence-corrected chi connectivity index (χ2v) is 11.4. The molecule has 7 rings (SSSR count). The van der Waals surface area contributed by atoms with Gasteiger partial charge in [-0.25, -0.2) is 9.59 Å². The first-order chi connectivity index (χ1) is 20.7. The number of nitrogens with zero attached hydrogens (tertiary/aromatic N) is 3. The molecule has 2 heterocycles. The summed E-state index contributed by atoms with van der Waals surface area (Å²) >= 11 is 0. The predicted octanol–water partition coefficient (Wildman–Crippen LogP) is 6.43. The fourth-order valence-corrected chi connectivity index (χ4v) is 6.41. The largest absolute Gasteiger partial charge is 0.448 e. The van der Waals surface area contributed by atoms with Crippen molar-refractivity contribution in [2.24, 2.45) is 0 Å². The number of benzene rings is 3. The van der Waals surface area contributed by atoms with Crippen molar-refractivity contribution in [1.29, 1.82) is 0 Å². The number of ether oxygens (including phenoxy) is 1. The van der Waals surface area contributed by atoms with E-state index in [1.165, 1.54) is 22.3 Å². The number of piperidine rings is 1. The predicted molar refractivity (Wildman–Crippen MR) is 159 cm³/mol. The molecule has 1 saturated carbocycles. The van der Waals surface area contributed by atoms with E-state index in [0.717, 1.165) is 36.9 Å². The molecule has 2 fully saturated rings. The van der Waals surface area contributed by atoms with Gasteiger partial charge in [-0.15, -0.1) is 0 Å². The summed E-state index contributed by atoms with van der Waals surface area (Å²) in [7, 11) is 0. The van der Waals surface area contributed by atoms with E-state index in [0.29, 0.717) is 25.5 Å². The maximum atomic E-state index is 13.4. The van der Waals surface area contributed by atoms with Crippen molar-refractivity contribution in [2.45, 2.75) is 50.2 Å². The first-order valence-electron chi connectivity index (χ1n) is 14.8. The maximum Gasteiger partial charge on any atom is 0.409 e. The molecular weight excluding hydrogens is 528 g/mol. The molecule has 1 N–H and O–H groups in total. The van der Waals surface area contributed by atoms with Crippen molar-refractivity contribution in [3.8, 4) is 22.4 Å². The highest BCUT2D eigenvalue weighted by Crippen LogP contribution is 2.44. The molecule has 0 spiro atoms.